The van der Waals surface area contributed by atoms with E-state index < -0.39 is 0 Å². The van der Waals surface area contributed by atoms with Crippen molar-refractivity contribution in [1.82, 2.24) is 15.5 Å². The summed E-state index contributed by atoms with van der Waals surface area (Å²) >= 11 is 0. The molecule has 2 N–H and O–H groups in total. The van der Waals surface area contributed by atoms with Gasteiger partial charge in [-0.2, -0.15) is 0 Å². The third-order valence-electron chi connectivity index (χ3n) is 4.98. The van der Waals surface area contributed by atoms with Gasteiger partial charge in [0, 0.05) is 25.0 Å². The van der Waals surface area contributed by atoms with Crippen LogP contribution < -0.4 is 15.4 Å². The lowest BCUT2D eigenvalue weighted by molar-refractivity contribution is 0.0963. The van der Waals surface area contributed by atoms with Crippen LogP contribution in [0.15, 0.2) is 59.5 Å². The fourth-order valence-corrected chi connectivity index (χ4v) is 3.17. The van der Waals surface area contributed by atoms with E-state index in [4.69, 9.17) is 4.74 Å². The number of urea groups is 1. The van der Waals surface area contributed by atoms with Crippen molar-refractivity contribution >= 4 is 11.9 Å². The van der Waals surface area contributed by atoms with Crippen LogP contribution in [0.3, 0.4) is 0 Å². The van der Waals surface area contributed by atoms with E-state index in [0.717, 1.165) is 17.0 Å². The lowest BCUT2D eigenvalue weighted by atomic mass is 9.89. The third-order valence-corrected chi connectivity index (χ3v) is 4.98. The molecule has 0 saturated carbocycles. The highest BCUT2D eigenvalue weighted by atomic mass is 16.5. The number of para-hydroxylation sites is 1. The van der Waals surface area contributed by atoms with E-state index in [-0.39, 0.29) is 23.8 Å². The first-order chi connectivity index (χ1) is 13.9. The van der Waals surface area contributed by atoms with Crippen molar-refractivity contribution in [1.29, 1.82) is 0 Å². The van der Waals surface area contributed by atoms with Gasteiger partial charge in [-0.1, -0.05) is 52.0 Å². The minimum absolute atomic E-state index is 0.123. The van der Waals surface area contributed by atoms with Crippen molar-refractivity contribution in [2.24, 2.45) is 11.8 Å². The average Bonchev–Trinajstić information content (AvgIpc) is 2.72. The number of benzene rings is 1. The zero-order chi connectivity index (χ0) is 21.6. The molecule has 0 aromatic heterocycles. The number of amides is 3. The van der Waals surface area contributed by atoms with E-state index in [2.05, 4.69) is 36.6 Å². The normalized spacial score (nSPS) is 26.3. The summed E-state index contributed by atoms with van der Waals surface area (Å²) in [6.07, 6.45) is 6.06. The Bertz CT molecular complexity index is 855. The number of carbonyl (C=O) groups excluding carboxylic acids is 2. The summed E-state index contributed by atoms with van der Waals surface area (Å²) in [6, 6.07) is 7.00. The van der Waals surface area contributed by atoms with Gasteiger partial charge in [-0.15, -0.1) is 0 Å². The monoisotopic (exact) mass is 397 g/mol. The SMILES string of the molecule is CC.COc1ccccc1C(=O)NC1=C\C(C)C(C)/C=C2/NC(=O)N(C)C/C2=C/1. The number of rotatable bonds is 3. The van der Waals surface area contributed by atoms with Gasteiger partial charge in [0.25, 0.3) is 5.91 Å². The number of ether oxygens (including phenoxy) is 1. The fourth-order valence-electron chi connectivity index (χ4n) is 3.17. The molecule has 2 unspecified atom stereocenters. The van der Waals surface area contributed by atoms with Crippen LogP contribution in [0.25, 0.3) is 0 Å². The largest absolute Gasteiger partial charge is 0.496 e. The summed E-state index contributed by atoms with van der Waals surface area (Å²) in [6.45, 7) is 8.68. The molecular weight excluding hydrogens is 366 g/mol. The summed E-state index contributed by atoms with van der Waals surface area (Å²) in [4.78, 5) is 26.4. The van der Waals surface area contributed by atoms with Gasteiger partial charge in [0.2, 0.25) is 0 Å². The van der Waals surface area contributed by atoms with Crippen LogP contribution >= 0.6 is 0 Å². The predicted octanol–water partition coefficient (Wildman–Crippen LogP) is 4.09. The molecule has 1 aromatic carbocycles. The van der Waals surface area contributed by atoms with Crippen LogP contribution in [-0.2, 0) is 0 Å². The lowest BCUT2D eigenvalue weighted by Crippen LogP contribution is -2.44. The Labute approximate surface area is 173 Å². The van der Waals surface area contributed by atoms with Gasteiger partial charge < -0.3 is 20.3 Å². The van der Waals surface area contributed by atoms with Crippen molar-refractivity contribution in [3.05, 3.63) is 65.0 Å². The molecule has 156 valence electrons. The standard InChI is InChI=1S/C21H25N3O3.C2H6/c1-13-9-16(22-20(25)17-7-5-6-8-19(17)27-4)11-15-12-24(3)21(26)23-18(15)10-14(13)2;1-2/h5-11,13-14H,12H2,1-4H3,(H,22,25)(H,23,26);1-2H3/b15-11-,16-9+,18-10+;. The van der Waals surface area contributed by atoms with E-state index in [9.17, 15) is 9.59 Å². The van der Waals surface area contributed by atoms with Gasteiger partial charge in [-0.05, 0) is 35.6 Å². The van der Waals surface area contributed by atoms with Gasteiger partial charge in [-0.3, -0.25) is 4.79 Å². The Balaban J connectivity index is 0.00000145. The van der Waals surface area contributed by atoms with Crippen molar-refractivity contribution in [3.63, 3.8) is 0 Å². The van der Waals surface area contributed by atoms with Crippen molar-refractivity contribution in [2.75, 3.05) is 20.7 Å². The molecule has 6 heteroatoms. The van der Waals surface area contributed by atoms with E-state index >= 15 is 0 Å². The summed E-state index contributed by atoms with van der Waals surface area (Å²) < 4.78 is 5.29. The average molecular weight is 398 g/mol. The maximum absolute atomic E-state index is 12.8. The number of likely N-dealkylation sites (N-methyl/N-ethyl adjacent to an activating group) is 1. The van der Waals surface area contributed by atoms with E-state index in [1.807, 2.05) is 26.0 Å². The number of hydrogen-bond acceptors (Lipinski definition) is 3. The first-order valence-corrected chi connectivity index (χ1v) is 10.00. The highest BCUT2D eigenvalue weighted by Crippen LogP contribution is 2.26. The van der Waals surface area contributed by atoms with Gasteiger partial charge in [0.15, 0.2) is 0 Å². The minimum atomic E-state index is -0.227. The first-order valence-electron chi connectivity index (χ1n) is 10.00. The molecule has 1 aromatic rings. The molecule has 0 spiro atoms. The molecule has 1 heterocycles. The quantitative estimate of drug-likeness (QED) is 0.807. The molecule has 2 aliphatic rings. The fraction of sp³-hybridized carbons (Fsp3) is 0.391. The summed E-state index contributed by atoms with van der Waals surface area (Å²) in [5.41, 5.74) is 2.97. The Morgan fingerprint density at radius 3 is 2.52 bits per heavy atom. The Hall–Kier alpha value is -3.02. The molecule has 1 aliphatic carbocycles. The zero-order valence-corrected chi connectivity index (χ0v) is 18.1. The summed E-state index contributed by atoms with van der Waals surface area (Å²) in [7, 11) is 3.29. The second-order valence-electron chi connectivity index (χ2n) is 7.03. The molecule has 0 bridgehead atoms. The second kappa shape index (κ2) is 9.96. The molecule has 29 heavy (non-hydrogen) atoms. The van der Waals surface area contributed by atoms with Crippen molar-refractivity contribution < 1.29 is 14.3 Å². The minimum Gasteiger partial charge on any atom is -0.496 e. The van der Waals surface area contributed by atoms with Crippen LogP contribution in [0.1, 0.15) is 38.1 Å². The highest BCUT2D eigenvalue weighted by Gasteiger charge is 2.25. The van der Waals surface area contributed by atoms with Gasteiger partial charge in [0.05, 0.1) is 12.7 Å². The van der Waals surface area contributed by atoms with Crippen LogP contribution in [0.5, 0.6) is 5.75 Å². The molecule has 1 aliphatic heterocycles. The molecule has 6 nitrogen and oxygen atoms in total. The predicted molar refractivity (Wildman–Crippen MR) is 116 cm³/mol. The molecule has 2 atom stereocenters. The van der Waals surface area contributed by atoms with Crippen LogP contribution in [0.4, 0.5) is 4.79 Å². The number of nitrogens with one attached hydrogen (secondary N) is 2. The summed E-state index contributed by atoms with van der Waals surface area (Å²) in [5, 5.41) is 5.93. The Morgan fingerprint density at radius 1 is 1.17 bits per heavy atom. The molecule has 0 radical (unpaired) electrons. The van der Waals surface area contributed by atoms with E-state index in [1.165, 1.54) is 0 Å². The summed E-state index contributed by atoms with van der Waals surface area (Å²) in [5.74, 6) is 0.709. The van der Waals surface area contributed by atoms with Crippen LogP contribution in [0, 0.1) is 11.8 Å². The van der Waals surface area contributed by atoms with E-state index in [1.54, 1.807) is 37.3 Å². The molecule has 3 rings (SSSR count). The molecular formula is C23H31N3O3. The van der Waals surface area contributed by atoms with Crippen LogP contribution in [-0.4, -0.2) is 37.5 Å². The molecule has 1 fully saturated rings. The number of hydrogen-bond donors (Lipinski definition) is 2. The first kappa shape index (κ1) is 22.3. The number of carbonyl (C=O) groups is 2. The van der Waals surface area contributed by atoms with Gasteiger partial charge >= 0.3 is 6.03 Å². The van der Waals surface area contributed by atoms with E-state index in [0.29, 0.717) is 17.9 Å². The van der Waals surface area contributed by atoms with Crippen LogP contribution in [0.2, 0.25) is 0 Å². The Morgan fingerprint density at radius 2 is 1.83 bits per heavy atom. The number of methoxy groups -OCH3 is 1. The zero-order valence-electron chi connectivity index (χ0n) is 18.1. The smallest absolute Gasteiger partial charge is 0.321 e. The number of fused-ring (bicyclic) bond motifs is 1. The second-order valence-corrected chi connectivity index (χ2v) is 7.03. The topological polar surface area (TPSA) is 70.7 Å². The van der Waals surface area contributed by atoms with Crippen molar-refractivity contribution in [3.8, 4) is 5.75 Å². The van der Waals surface area contributed by atoms with Gasteiger partial charge in [0.1, 0.15) is 5.75 Å². The van der Waals surface area contributed by atoms with Gasteiger partial charge in [-0.25, -0.2) is 4.79 Å². The lowest BCUT2D eigenvalue weighted by Gasteiger charge is -2.30. The Kier molecular flexibility index (Phi) is 7.65. The highest BCUT2D eigenvalue weighted by molar-refractivity contribution is 5.98. The van der Waals surface area contributed by atoms with Crippen molar-refractivity contribution in [2.45, 2.75) is 27.7 Å². The maximum Gasteiger partial charge on any atom is 0.321 e. The molecule has 1 saturated heterocycles. The maximum atomic E-state index is 12.8. The number of nitrogens with zero attached hydrogens (tertiary/aromatic N) is 1. The number of allylic oxidation sites excluding steroid dienone is 3. The third kappa shape index (κ3) is 5.28. The molecule has 3 amide bonds.